The number of ether oxygens (including phenoxy) is 1. The van der Waals surface area contributed by atoms with E-state index in [1.807, 2.05) is 12.3 Å². The zero-order chi connectivity index (χ0) is 35.9. The van der Waals surface area contributed by atoms with E-state index < -0.39 is 0 Å². The fourth-order valence-electron chi connectivity index (χ4n) is 8.20. The average Bonchev–Trinajstić information content (AvgIpc) is 3.69. The summed E-state index contributed by atoms with van der Waals surface area (Å²) in [6.07, 6.45) is 11.8. The molecule has 0 radical (unpaired) electrons. The summed E-state index contributed by atoms with van der Waals surface area (Å²) in [5, 5.41) is 7.65. The van der Waals surface area contributed by atoms with Crippen LogP contribution in [0.4, 0.5) is 0 Å². The Bertz CT molecular complexity index is 2230. The molecule has 3 heterocycles. The topological polar surface area (TPSA) is 44.9 Å². The number of rotatable bonds is 10. The van der Waals surface area contributed by atoms with Crippen LogP contribution in [0, 0.1) is 18.1 Å². The molecule has 0 N–H and O–H groups in total. The third-order valence-corrected chi connectivity index (χ3v) is 11.0. The van der Waals surface area contributed by atoms with Gasteiger partial charge in [0.1, 0.15) is 5.82 Å². The Morgan fingerprint density at radius 3 is 2.37 bits per heavy atom. The van der Waals surface area contributed by atoms with Gasteiger partial charge in [-0.05, 0) is 84.7 Å². The first-order chi connectivity index (χ1) is 24.7. The number of para-hydroxylation sites is 1. The molecule has 6 heteroatoms. The monoisotopic (exact) mass is 871 g/mol. The number of benzene rings is 3. The van der Waals surface area contributed by atoms with Gasteiger partial charge in [0, 0.05) is 40.4 Å². The number of pyridine rings is 1. The molecular formula is C46H52N4OPt. The van der Waals surface area contributed by atoms with Crippen molar-refractivity contribution in [3.63, 3.8) is 0 Å². The van der Waals surface area contributed by atoms with Crippen LogP contribution in [0.1, 0.15) is 115 Å². The summed E-state index contributed by atoms with van der Waals surface area (Å²) < 4.78 is 11.1. The average molecular weight is 872 g/mol. The maximum absolute atomic E-state index is 6.74. The second kappa shape index (κ2) is 15.6. The summed E-state index contributed by atoms with van der Waals surface area (Å²) in [5.74, 6) is 3.26. The number of aromatic nitrogens is 4. The summed E-state index contributed by atoms with van der Waals surface area (Å²) in [6, 6.07) is 28.6. The maximum Gasteiger partial charge on any atom is 2.00 e. The molecule has 0 spiro atoms. The van der Waals surface area contributed by atoms with E-state index in [0.29, 0.717) is 23.3 Å². The summed E-state index contributed by atoms with van der Waals surface area (Å²) in [4.78, 5) is 4.80. The van der Waals surface area contributed by atoms with Gasteiger partial charge in [-0.2, -0.15) is 11.2 Å². The van der Waals surface area contributed by atoms with Crippen LogP contribution >= 0.6 is 0 Å². The summed E-state index contributed by atoms with van der Waals surface area (Å²) in [5.41, 5.74) is 10.8. The number of allylic oxidation sites excluding steroid dienone is 2. The zero-order valence-corrected chi connectivity index (χ0v) is 34.3. The Labute approximate surface area is 324 Å². The molecule has 0 saturated heterocycles. The maximum atomic E-state index is 6.74. The van der Waals surface area contributed by atoms with Crippen molar-refractivity contribution in [3.05, 3.63) is 119 Å². The first-order valence-corrected chi connectivity index (χ1v) is 19.1. The van der Waals surface area contributed by atoms with Crippen molar-refractivity contribution in [2.24, 2.45) is 5.92 Å². The smallest absolute Gasteiger partial charge is 0.509 e. The first-order valence-electron chi connectivity index (χ1n) is 19.1. The Morgan fingerprint density at radius 1 is 0.846 bits per heavy atom. The van der Waals surface area contributed by atoms with E-state index in [1.165, 1.54) is 52.7 Å². The normalized spacial score (nSPS) is 16.3. The third-order valence-electron chi connectivity index (χ3n) is 11.0. The first kappa shape index (κ1) is 37.8. The minimum Gasteiger partial charge on any atom is -0.509 e. The van der Waals surface area contributed by atoms with Gasteiger partial charge < -0.3 is 9.30 Å². The van der Waals surface area contributed by atoms with E-state index in [1.54, 1.807) is 5.57 Å². The van der Waals surface area contributed by atoms with Crippen LogP contribution in [0.2, 0.25) is 0 Å². The molecule has 1 aliphatic rings. The van der Waals surface area contributed by atoms with E-state index in [-0.39, 0.29) is 26.5 Å². The number of hydrogen-bond acceptors (Lipinski definition) is 3. The van der Waals surface area contributed by atoms with Crippen molar-refractivity contribution in [1.29, 1.82) is 0 Å². The molecule has 3 aromatic heterocycles. The largest absolute Gasteiger partial charge is 2.00 e. The standard InChI is InChI=1S/C46H52N4O.Pt/c1-9-30-23-24-47-43(25-30)49-41-20-15-14-19-37(41)38-22-21-35(29-42(38)49)51-36-27-33(46(6,7)8)26-34(28-36)50-40(13-5)45(39(12-4)48-50)44-31(10-2)17-16-18-32(44)11-3;/h14-15,17,19-27,32,44H,9-13,16,18H2,1-8H3;/q-2;+2/t32-,44?;/m0./s1. The van der Waals surface area contributed by atoms with Gasteiger partial charge in [-0.1, -0.05) is 97.2 Å². The van der Waals surface area contributed by atoms with Gasteiger partial charge in [0.05, 0.1) is 5.69 Å². The molecule has 1 unspecified atom stereocenters. The molecular weight excluding hydrogens is 820 g/mol. The van der Waals surface area contributed by atoms with Gasteiger partial charge >= 0.3 is 21.1 Å². The second-order valence-electron chi connectivity index (χ2n) is 15.1. The van der Waals surface area contributed by atoms with Crippen molar-refractivity contribution in [1.82, 2.24) is 19.3 Å². The minimum atomic E-state index is -0.108. The Balaban J connectivity index is 0.00000464. The van der Waals surface area contributed by atoms with Crippen LogP contribution in [-0.2, 0) is 45.7 Å². The van der Waals surface area contributed by atoms with Gasteiger partial charge in [0.25, 0.3) is 0 Å². The summed E-state index contributed by atoms with van der Waals surface area (Å²) in [7, 11) is 0. The van der Waals surface area contributed by atoms with Crippen molar-refractivity contribution < 1.29 is 25.8 Å². The van der Waals surface area contributed by atoms with Gasteiger partial charge in [0.15, 0.2) is 0 Å². The van der Waals surface area contributed by atoms with Gasteiger partial charge in [-0.25, -0.2) is 4.98 Å². The number of nitrogens with zero attached hydrogens (tertiary/aromatic N) is 4. The Morgan fingerprint density at radius 2 is 1.65 bits per heavy atom. The van der Waals surface area contributed by atoms with E-state index in [4.69, 9.17) is 14.8 Å². The van der Waals surface area contributed by atoms with Gasteiger partial charge in [-0.15, -0.1) is 41.3 Å². The molecule has 0 bridgehead atoms. The summed E-state index contributed by atoms with van der Waals surface area (Å²) in [6.45, 7) is 18.1. The van der Waals surface area contributed by atoms with Crippen molar-refractivity contribution >= 4 is 21.8 Å². The fraction of sp³-hybridized carbons (Fsp3) is 0.391. The third kappa shape index (κ3) is 6.94. The van der Waals surface area contributed by atoms with Crippen LogP contribution in [0.25, 0.3) is 33.3 Å². The molecule has 1 aliphatic carbocycles. The quantitative estimate of drug-likeness (QED) is 0.102. The number of hydrogen-bond donors (Lipinski definition) is 0. The Kier molecular flexibility index (Phi) is 11.3. The van der Waals surface area contributed by atoms with Crippen molar-refractivity contribution in [2.45, 2.75) is 112 Å². The minimum absolute atomic E-state index is 0. The molecule has 5 nitrogen and oxygen atoms in total. The molecule has 6 aromatic rings. The SMILES string of the molecule is CCC1=CCC[C@H](CC)C1c1c(CC)nn(-c2[c-]c(Oc3[c-]c4c(cc3)c3ccccc3n4-c3cc(CC)ccn3)cc(C(C)(C)C)c2)c1CC.[Pt+2]. The molecule has 272 valence electrons. The van der Waals surface area contributed by atoms with Crippen molar-refractivity contribution in [2.75, 3.05) is 0 Å². The molecule has 0 saturated carbocycles. The van der Waals surface area contributed by atoms with Crippen molar-refractivity contribution in [3.8, 4) is 23.0 Å². The van der Waals surface area contributed by atoms with E-state index >= 15 is 0 Å². The van der Waals surface area contributed by atoms with E-state index in [0.717, 1.165) is 53.6 Å². The van der Waals surface area contributed by atoms with Crippen LogP contribution in [0.15, 0.2) is 78.5 Å². The van der Waals surface area contributed by atoms with Crippen LogP contribution in [0.3, 0.4) is 0 Å². The number of aryl methyl sites for hydroxylation is 2. The molecule has 0 aliphatic heterocycles. The predicted molar refractivity (Wildman–Crippen MR) is 211 cm³/mol. The number of fused-ring (bicyclic) bond motifs is 3. The fourth-order valence-corrected chi connectivity index (χ4v) is 8.20. The van der Waals surface area contributed by atoms with E-state index in [9.17, 15) is 0 Å². The van der Waals surface area contributed by atoms with Gasteiger partial charge in [0.2, 0.25) is 0 Å². The second-order valence-corrected chi connectivity index (χ2v) is 15.1. The van der Waals surface area contributed by atoms with Crippen LogP contribution in [0.5, 0.6) is 11.5 Å². The molecule has 3 aromatic carbocycles. The predicted octanol–water partition coefficient (Wildman–Crippen LogP) is 12.0. The van der Waals surface area contributed by atoms with Crippen LogP contribution < -0.4 is 4.74 Å². The molecule has 52 heavy (non-hydrogen) atoms. The Hall–Kier alpha value is -3.95. The summed E-state index contributed by atoms with van der Waals surface area (Å²) >= 11 is 0. The molecule has 7 rings (SSSR count). The van der Waals surface area contributed by atoms with Crippen LogP contribution in [-0.4, -0.2) is 19.3 Å². The molecule has 0 fully saturated rings. The molecule has 2 atom stereocenters. The van der Waals surface area contributed by atoms with Gasteiger partial charge in [-0.3, -0.25) is 4.68 Å². The van der Waals surface area contributed by atoms with E-state index in [2.05, 4.69) is 137 Å². The zero-order valence-electron chi connectivity index (χ0n) is 32.0. The molecule has 0 amide bonds.